The molecule has 0 spiro atoms. The van der Waals surface area contributed by atoms with Crippen LogP contribution in [0.25, 0.3) is 0 Å². The quantitative estimate of drug-likeness (QED) is 0.301. The summed E-state index contributed by atoms with van der Waals surface area (Å²) in [5, 5.41) is 3.00. The van der Waals surface area contributed by atoms with Crippen molar-refractivity contribution in [3.05, 3.63) is 28.7 Å². The Balaban J connectivity index is 2.74. The van der Waals surface area contributed by atoms with Gasteiger partial charge in [-0.1, -0.05) is 22.0 Å². The van der Waals surface area contributed by atoms with Crippen LogP contribution in [0.1, 0.15) is 0 Å². The molecular weight excluding hydrogens is 232 g/mol. The van der Waals surface area contributed by atoms with Crippen molar-refractivity contribution in [3.63, 3.8) is 0 Å². The van der Waals surface area contributed by atoms with Gasteiger partial charge in [0, 0.05) is 17.2 Å². The maximum atomic E-state index is 5.21. The van der Waals surface area contributed by atoms with Crippen molar-refractivity contribution in [2.24, 2.45) is 10.8 Å². The van der Waals surface area contributed by atoms with E-state index < -0.39 is 0 Å². The summed E-state index contributed by atoms with van der Waals surface area (Å²) in [5.41, 5.74) is 3.37. The minimum absolute atomic E-state index is 0.526. The Morgan fingerprint density at radius 2 is 2.31 bits per heavy atom. The molecule has 0 amide bonds. The van der Waals surface area contributed by atoms with E-state index in [-0.39, 0.29) is 0 Å². The lowest BCUT2D eigenvalue weighted by Gasteiger charge is -2.07. The van der Waals surface area contributed by atoms with Crippen LogP contribution in [-0.2, 0) is 0 Å². The Morgan fingerprint density at radius 1 is 1.54 bits per heavy atom. The molecule has 1 rings (SSSR count). The summed E-state index contributed by atoms with van der Waals surface area (Å²) in [7, 11) is 1.65. The molecule has 5 heteroatoms. The highest BCUT2D eigenvalue weighted by atomic mass is 79.9. The van der Waals surface area contributed by atoms with E-state index in [0.717, 1.165) is 10.2 Å². The average molecular weight is 243 g/mol. The minimum atomic E-state index is 0.526. The van der Waals surface area contributed by atoms with E-state index in [2.05, 4.69) is 31.7 Å². The highest BCUT2D eigenvalue weighted by Gasteiger charge is 1.95. The second-order valence-electron chi connectivity index (χ2n) is 2.35. The molecule has 0 bridgehead atoms. The first-order chi connectivity index (χ1) is 6.26. The number of hydrogen-bond donors (Lipinski definition) is 3. The van der Waals surface area contributed by atoms with Gasteiger partial charge >= 0.3 is 0 Å². The molecule has 0 aliphatic heterocycles. The lowest BCUT2D eigenvalue weighted by atomic mass is 10.3. The van der Waals surface area contributed by atoms with Gasteiger partial charge in [-0.15, -0.1) is 0 Å². The Kier molecular flexibility index (Phi) is 3.72. The summed E-state index contributed by atoms with van der Waals surface area (Å²) >= 11 is 3.36. The second-order valence-corrected chi connectivity index (χ2v) is 3.27. The van der Waals surface area contributed by atoms with Gasteiger partial charge < -0.3 is 5.32 Å². The largest absolute Gasteiger partial charge is 0.325 e. The second kappa shape index (κ2) is 4.84. The number of halogens is 1. The molecule has 0 saturated carbocycles. The van der Waals surface area contributed by atoms with Gasteiger partial charge in [-0.2, -0.15) is 0 Å². The zero-order valence-electron chi connectivity index (χ0n) is 7.21. The molecule has 0 saturated heterocycles. The Hall–Kier alpha value is -1.07. The fraction of sp³-hybridized carbons (Fsp3) is 0.125. The molecule has 13 heavy (non-hydrogen) atoms. The van der Waals surface area contributed by atoms with Gasteiger partial charge in [-0.3, -0.25) is 10.4 Å². The van der Waals surface area contributed by atoms with Gasteiger partial charge in [0.15, 0.2) is 0 Å². The highest BCUT2D eigenvalue weighted by molar-refractivity contribution is 9.10. The van der Waals surface area contributed by atoms with Crippen molar-refractivity contribution >= 4 is 27.6 Å². The van der Waals surface area contributed by atoms with Crippen LogP contribution in [0.15, 0.2) is 33.7 Å². The predicted molar refractivity (Wildman–Crippen MR) is 58.4 cm³/mol. The van der Waals surface area contributed by atoms with E-state index in [4.69, 9.17) is 5.84 Å². The first-order valence-electron chi connectivity index (χ1n) is 3.72. The summed E-state index contributed by atoms with van der Waals surface area (Å²) in [6, 6.07) is 7.73. The third-order valence-corrected chi connectivity index (χ3v) is 1.94. The normalized spacial score (nSPS) is 11.2. The third-order valence-electron chi connectivity index (χ3n) is 1.45. The van der Waals surface area contributed by atoms with Gasteiger partial charge in [0.05, 0.1) is 0 Å². The van der Waals surface area contributed by atoms with Crippen LogP contribution in [0.2, 0.25) is 0 Å². The smallest absolute Gasteiger partial charge is 0.209 e. The molecule has 70 valence electrons. The van der Waals surface area contributed by atoms with Crippen molar-refractivity contribution in [3.8, 4) is 0 Å². The first kappa shape index (κ1) is 10.0. The molecule has 0 heterocycles. The van der Waals surface area contributed by atoms with E-state index in [1.54, 1.807) is 7.05 Å². The zero-order valence-corrected chi connectivity index (χ0v) is 8.80. The number of anilines is 1. The fourth-order valence-corrected chi connectivity index (χ4v) is 1.26. The Morgan fingerprint density at radius 3 is 2.85 bits per heavy atom. The van der Waals surface area contributed by atoms with Gasteiger partial charge in [0.2, 0.25) is 5.96 Å². The van der Waals surface area contributed by atoms with Gasteiger partial charge in [0.1, 0.15) is 0 Å². The number of rotatable bonds is 1. The number of guanidine groups is 1. The molecule has 1 aromatic rings. The number of aliphatic imine (C=N–C) groups is 1. The van der Waals surface area contributed by atoms with Crippen LogP contribution in [0.3, 0.4) is 0 Å². The molecule has 0 aliphatic carbocycles. The van der Waals surface area contributed by atoms with Gasteiger partial charge in [-0.05, 0) is 18.2 Å². The lowest BCUT2D eigenvalue weighted by Crippen LogP contribution is -2.36. The summed E-state index contributed by atoms with van der Waals surface area (Å²) < 4.78 is 1.00. The Bertz CT molecular complexity index is 311. The minimum Gasteiger partial charge on any atom is -0.325 e. The third kappa shape index (κ3) is 3.04. The van der Waals surface area contributed by atoms with Crippen molar-refractivity contribution in [1.82, 2.24) is 5.43 Å². The van der Waals surface area contributed by atoms with E-state index in [1.807, 2.05) is 24.3 Å². The number of nitrogens with zero attached hydrogens (tertiary/aromatic N) is 1. The van der Waals surface area contributed by atoms with E-state index in [9.17, 15) is 0 Å². The molecule has 0 aromatic heterocycles. The SMILES string of the molecule is CN=C(NN)Nc1cccc(Br)c1. The van der Waals surface area contributed by atoms with Crippen LogP contribution in [0, 0.1) is 0 Å². The predicted octanol–water partition coefficient (Wildman–Crippen LogP) is 1.31. The summed E-state index contributed by atoms with van der Waals surface area (Å²) in [6.45, 7) is 0. The maximum Gasteiger partial charge on any atom is 0.209 e. The van der Waals surface area contributed by atoms with Crippen molar-refractivity contribution in [1.29, 1.82) is 0 Å². The molecule has 0 unspecified atom stereocenters. The number of hydrogen-bond acceptors (Lipinski definition) is 2. The number of nitrogens with one attached hydrogen (secondary N) is 2. The molecule has 0 fully saturated rings. The Labute approximate surface area is 85.3 Å². The van der Waals surface area contributed by atoms with Crippen LogP contribution < -0.4 is 16.6 Å². The van der Waals surface area contributed by atoms with Crippen molar-refractivity contribution in [2.75, 3.05) is 12.4 Å². The monoisotopic (exact) mass is 242 g/mol. The number of nitrogens with two attached hydrogens (primary N) is 1. The summed E-state index contributed by atoms with van der Waals surface area (Å²) in [5.74, 6) is 5.74. The molecule has 0 atom stereocenters. The lowest BCUT2D eigenvalue weighted by molar-refractivity contribution is 1.01. The summed E-state index contributed by atoms with van der Waals surface area (Å²) in [6.07, 6.45) is 0. The average Bonchev–Trinajstić information content (AvgIpc) is 2.14. The summed E-state index contributed by atoms with van der Waals surface area (Å²) in [4.78, 5) is 3.89. The molecule has 4 N–H and O–H groups in total. The van der Waals surface area contributed by atoms with E-state index in [0.29, 0.717) is 5.96 Å². The maximum absolute atomic E-state index is 5.21. The van der Waals surface area contributed by atoms with Gasteiger partial charge in [0.25, 0.3) is 0 Å². The molecule has 4 nitrogen and oxygen atoms in total. The topological polar surface area (TPSA) is 62.4 Å². The first-order valence-corrected chi connectivity index (χ1v) is 4.51. The van der Waals surface area contributed by atoms with Gasteiger partial charge in [-0.25, -0.2) is 5.84 Å². The molecule has 0 radical (unpaired) electrons. The molecule has 1 aromatic carbocycles. The molecular formula is C8H11BrN4. The van der Waals surface area contributed by atoms with Crippen molar-refractivity contribution in [2.45, 2.75) is 0 Å². The van der Waals surface area contributed by atoms with Crippen LogP contribution >= 0.6 is 15.9 Å². The van der Waals surface area contributed by atoms with Crippen LogP contribution in [0.4, 0.5) is 5.69 Å². The molecule has 0 aliphatic rings. The van der Waals surface area contributed by atoms with E-state index >= 15 is 0 Å². The van der Waals surface area contributed by atoms with Crippen LogP contribution in [0.5, 0.6) is 0 Å². The number of hydrazine groups is 1. The van der Waals surface area contributed by atoms with Crippen LogP contribution in [-0.4, -0.2) is 13.0 Å². The standard InChI is InChI=1S/C8H11BrN4/c1-11-8(13-10)12-7-4-2-3-6(9)5-7/h2-5H,10H2,1H3,(H2,11,12,13). The highest BCUT2D eigenvalue weighted by Crippen LogP contribution is 2.15. The fourth-order valence-electron chi connectivity index (χ4n) is 0.859. The number of benzene rings is 1. The van der Waals surface area contributed by atoms with Crippen molar-refractivity contribution < 1.29 is 0 Å². The van der Waals surface area contributed by atoms with E-state index in [1.165, 1.54) is 0 Å². The zero-order chi connectivity index (χ0) is 9.68.